The van der Waals surface area contributed by atoms with Crippen LogP contribution in [0.1, 0.15) is 26.7 Å². The molecular weight excluding hydrogens is 293 g/mol. The maximum Gasteiger partial charge on any atom is 0.295 e. The number of carbonyl (C=O) groups excluding carboxylic acids is 1. The molecule has 2 amide bonds. The molecule has 2 aliphatic heterocycles. The summed E-state index contributed by atoms with van der Waals surface area (Å²) in [6.07, 6.45) is 4.47. The van der Waals surface area contributed by atoms with Crippen LogP contribution in [-0.2, 0) is 0 Å². The van der Waals surface area contributed by atoms with Crippen LogP contribution in [-0.4, -0.2) is 22.5 Å². The summed E-state index contributed by atoms with van der Waals surface area (Å²) < 4.78 is 0. The summed E-state index contributed by atoms with van der Waals surface area (Å²) in [5.41, 5.74) is 0.947. The average Bonchev–Trinajstić information content (AvgIpc) is 2.97. The van der Waals surface area contributed by atoms with Crippen molar-refractivity contribution in [3.05, 3.63) is 41.9 Å². The third-order valence-corrected chi connectivity index (χ3v) is 5.14. The van der Waals surface area contributed by atoms with Crippen molar-refractivity contribution in [3.63, 3.8) is 0 Å². The second-order valence-electron chi connectivity index (χ2n) is 5.88. The van der Waals surface area contributed by atoms with Crippen molar-refractivity contribution < 1.29 is 4.79 Å². The summed E-state index contributed by atoms with van der Waals surface area (Å²) in [5.74, 6) is 0. The van der Waals surface area contributed by atoms with E-state index in [-0.39, 0.29) is 6.03 Å². The van der Waals surface area contributed by atoms with Gasteiger partial charge in [-0.05, 0) is 17.5 Å². The molecule has 0 atom stereocenters. The summed E-state index contributed by atoms with van der Waals surface area (Å²) in [4.78, 5) is 21.8. The molecule has 6 heteroatoms. The monoisotopic (exact) mass is 314 g/mol. The van der Waals surface area contributed by atoms with Gasteiger partial charge in [0.25, 0.3) is 6.03 Å². The van der Waals surface area contributed by atoms with Crippen molar-refractivity contribution in [3.8, 4) is 0 Å². The fraction of sp³-hybridized carbons (Fsp3) is 0.375. The van der Waals surface area contributed by atoms with Crippen molar-refractivity contribution in [2.24, 2.45) is 4.90 Å². The minimum atomic E-state index is -1.26. The van der Waals surface area contributed by atoms with Gasteiger partial charge in [0.1, 0.15) is 5.17 Å². The molecule has 4 nitrogen and oxygen atoms in total. The number of para-hydroxylation sites is 1. The zero-order valence-electron chi connectivity index (χ0n) is 13.1. The average molecular weight is 314 g/mol. The number of amidine groups is 1. The van der Waals surface area contributed by atoms with E-state index in [0.717, 1.165) is 36.3 Å². The van der Waals surface area contributed by atoms with Gasteiger partial charge in [-0.15, -0.1) is 12.6 Å². The van der Waals surface area contributed by atoms with E-state index >= 15 is 0 Å². The van der Waals surface area contributed by atoms with Gasteiger partial charge in [0.2, 0.25) is 6.42 Å². The van der Waals surface area contributed by atoms with E-state index in [1.54, 1.807) is 16.7 Å². The van der Waals surface area contributed by atoms with Crippen LogP contribution in [0, 0.1) is 0 Å². The van der Waals surface area contributed by atoms with E-state index in [4.69, 9.17) is 4.90 Å². The van der Waals surface area contributed by atoms with Gasteiger partial charge in [0.15, 0.2) is 0 Å². The molecule has 2 heterocycles. The van der Waals surface area contributed by atoms with Crippen LogP contribution >= 0.6 is 11.8 Å². The Hall–Kier alpha value is -1.69. The topological polar surface area (TPSA) is 35.9 Å². The first-order chi connectivity index (χ1) is 10.7. The highest BCUT2D eigenvalue weighted by Gasteiger charge is 2.41. The first kappa shape index (κ1) is 15.2. The molecule has 0 unspecified atom stereocenters. The van der Waals surface area contributed by atoms with Gasteiger partial charge in [-0.3, -0.25) is 9.69 Å². The number of hydrogen-bond donors (Lipinski definition) is 0. The fourth-order valence-corrected chi connectivity index (χ4v) is 4.34. The van der Waals surface area contributed by atoms with Crippen LogP contribution in [0.2, 0.25) is 12.6 Å². The van der Waals surface area contributed by atoms with Gasteiger partial charge in [-0.25, -0.2) is 0 Å². The number of benzene rings is 1. The van der Waals surface area contributed by atoms with Crippen LogP contribution in [0.5, 0.6) is 0 Å². The van der Waals surface area contributed by atoms with Gasteiger partial charge in [0, 0.05) is 11.9 Å². The van der Waals surface area contributed by atoms with Gasteiger partial charge < -0.3 is 9.71 Å². The molecule has 0 spiro atoms. The quantitative estimate of drug-likeness (QED) is 0.734. The molecule has 0 saturated carbocycles. The first-order valence-corrected chi connectivity index (χ1v) is 8.89. The smallest absolute Gasteiger partial charge is 0.295 e. The molecule has 1 aromatic rings. The summed E-state index contributed by atoms with van der Waals surface area (Å²) in [5, 5.41) is 2.77. The molecule has 0 fully saturated rings. The Bertz CT molecular complexity index is 611. The van der Waals surface area contributed by atoms with Crippen molar-refractivity contribution in [1.82, 2.24) is 4.90 Å². The lowest BCUT2D eigenvalue weighted by Crippen LogP contribution is -2.63. The Kier molecular flexibility index (Phi) is 4.29. The number of nitrogens with zero attached hydrogens (tertiary/aromatic N) is 3. The van der Waals surface area contributed by atoms with E-state index in [0.29, 0.717) is 0 Å². The minimum Gasteiger partial charge on any atom is -0.454 e. The second kappa shape index (κ2) is 6.20. The van der Waals surface area contributed by atoms with E-state index in [9.17, 15) is 4.79 Å². The molecule has 3 rings (SSSR count). The Morgan fingerprint density at radius 1 is 1.14 bits per heavy atom. The predicted octanol–water partition coefficient (Wildman–Crippen LogP) is 4.76. The third kappa shape index (κ3) is 2.45. The van der Waals surface area contributed by atoms with Crippen LogP contribution in [0.15, 0.2) is 46.8 Å². The van der Waals surface area contributed by atoms with Gasteiger partial charge in [0.05, 0.1) is 0 Å². The summed E-state index contributed by atoms with van der Waals surface area (Å²) >= 11 is 1.54. The lowest BCUT2D eigenvalue weighted by molar-refractivity contribution is 0.239. The third-order valence-electron chi connectivity index (χ3n) is 4.37. The van der Waals surface area contributed by atoms with E-state index < -0.39 is 6.42 Å². The highest BCUT2D eigenvalue weighted by Crippen LogP contribution is 2.38. The van der Waals surface area contributed by atoms with E-state index in [2.05, 4.69) is 13.8 Å². The maximum atomic E-state index is 13.1. The molecule has 0 aliphatic carbocycles. The summed E-state index contributed by atoms with van der Waals surface area (Å²) in [7, 11) is 0. The molecule has 0 radical (unpaired) electrons. The molecule has 0 saturated heterocycles. The van der Waals surface area contributed by atoms with Gasteiger partial charge in [-0.2, -0.15) is 0 Å². The number of thioether (sulfide) groups is 1. The normalized spacial score (nSPS) is 19.4. The summed E-state index contributed by atoms with van der Waals surface area (Å²) in [6.45, 7) is 4.33. The second-order valence-corrected chi connectivity index (χ2v) is 6.76. The number of fused-ring (bicyclic) bond motifs is 1. The van der Waals surface area contributed by atoms with E-state index in [1.165, 1.54) is 0 Å². The molecule has 116 valence electrons. The zero-order valence-corrected chi connectivity index (χ0v) is 13.9. The van der Waals surface area contributed by atoms with Crippen molar-refractivity contribution in [1.29, 1.82) is 0 Å². The zero-order chi connectivity index (χ0) is 15.6. The lowest BCUT2D eigenvalue weighted by atomic mass is 9.39. The van der Waals surface area contributed by atoms with Crippen molar-refractivity contribution >= 4 is 35.1 Å². The Labute approximate surface area is 136 Å². The van der Waals surface area contributed by atoms with Crippen LogP contribution in [0.3, 0.4) is 0 Å². The first-order valence-electron chi connectivity index (χ1n) is 8.01. The largest absolute Gasteiger partial charge is 0.454 e. The number of hydrogen-bond acceptors (Lipinski definition) is 3. The predicted molar refractivity (Wildman–Crippen MR) is 96.3 cm³/mol. The Morgan fingerprint density at radius 3 is 2.45 bits per heavy atom. The van der Waals surface area contributed by atoms with Gasteiger partial charge >= 0.3 is 0 Å². The minimum absolute atomic E-state index is 0.0272. The number of rotatable bonds is 5. The Morgan fingerprint density at radius 2 is 1.82 bits per heavy atom. The van der Waals surface area contributed by atoms with Crippen molar-refractivity contribution in [2.75, 3.05) is 4.81 Å². The standard InChI is InChI=1S/C16H21BN3OS/c1-3-10-17(11-4-2)18-15-19(12-13-22-15)16(21)20(17)14-8-6-5-7-9-14/h5-9,12-13H,3-4,10-11H2,1-2H3/q-1. The SMILES string of the molecule is CCC[B-]1(CCC)N=C2SC=CN2C(=O)N1c1ccccc1. The van der Waals surface area contributed by atoms with Crippen LogP contribution in [0.4, 0.5) is 10.5 Å². The maximum absolute atomic E-state index is 13.1. The number of amides is 2. The molecule has 0 aromatic heterocycles. The highest BCUT2D eigenvalue weighted by atomic mass is 32.2. The van der Waals surface area contributed by atoms with Gasteiger partial charge in [-0.1, -0.05) is 56.7 Å². The van der Waals surface area contributed by atoms with Crippen LogP contribution < -0.4 is 4.81 Å². The summed E-state index contributed by atoms with van der Waals surface area (Å²) in [6, 6.07) is 9.98. The fourth-order valence-electron chi connectivity index (χ4n) is 3.53. The molecule has 1 aromatic carbocycles. The number of urea groups is 1. The highest BCUT2D eigenvalue weighted by molar-refractivity contribution is 8.16. The number of carbonyl (C=O) groups is 1. The molecule has 0 N–H and O–H groups in total. The van der Waals surface area contributed by atoms with Crippen molar-refractivity contribution in [2.45, 2.75) is 39.3 Å². The molecule has 2 aliphatic rings. The molecule has 0 bridgehead atoms. The Balaban J connectivity index is 2.13. The molecule has 22 heavy (non-hydrogen) atoms. The lowest BCUT2D eigenvalue weighted by Gasteiger charge is -2.52. The van der Waals surface area contributed by atoms with Crippen LogP contribution in [0.25, 0.3) is 0 Å². The number of anilines is 1. The molecular formula is C16H21BN3OS-. The van der Waals surface area contributed by atoms with E-state index in [1.807, 2.05) is 46.8 Å².